The van der Waals surface area contributed by atoms with E-state index in [9.17, 15) is 4.79 Å². The quantitative estimate of drug-likeness (QED) is 0.468. The Hall–Kier alpha value is -0.256. The minimum Gasteiger partial charge on any atom is -0.519 e. The third-order valence-electron chi connectivity index (χ3n) is 3.33. The van der Waals surface area contributed by atoms with Crippen LogP contribution in [-0.2, 0) is 22.5 Å². The molecule has 0 aromatic carbocycles. The number of hydrogen-bond acceptors (Lipinski definition) is 6. The van der Waals surface area contributed by atoms with Gasteiger partial charge in [-0.05, 0) is 45.6 Å². The Balaban J connectivity index is 4.35. The van der Waals surface area contributed by atoms with E-state index in [0.29, 0.717) is 13.2 Å². The molecule has 0 saturated heterocycles. The van der Waals surface area contributed by atoms with E-state index in [0.717, 1.165) is 32.0 Å². The van der Waals surface area contributed by atoms with Crippen molar-refractivity contribution in [2.24, 2.45) is 0 Å². The molecule has 0 radical (unpaired) electrons. The van der Waals surface area contributed by atoms with Gasteiger partial charge < -0.3 is 17.7 Å². The summed E-state index contributed by atoms with van der Waals surface area (Å²) in [6.07, 6.45) is 1.80. The van der Waals surface area contributed by atoms with Crippen molar-refractivity contribution in [3.63, 3.8) is 0 Å². The maximum atomic E-state index is 11.9. The number of carbonyl (C=O) groups is 1. The molecular weight excluding hydrogens is 330 g/mol. The molecule has 0 atom stereocenters. The first-order valence-corrected chi connectivity index (χ1v) is 13.7. The molecule has 0 aromatic heterocycles. The third-order valence-corrected chi connectivity index (χ3v) is 7.02. The largest absolute Gasteiger partial charge is 0.519 e. The maximum Gasteiger partial charge on any atom is 0.500 e. The second-order valence-electron chi connectivity index (χ2n) is 6.50. The number of nitrogens with zero attached hydrogens (tertiary/aromatic N) is 1. The Morgan fingerprint density at radius 3 is 2.13 bits per heavy atom. The topological polar surface area (TPSA) is 57.2 Å². The highest BCUT2D eigenvalue weighted by atomic mass is 28.4. The van der Waals surface area contributed by atoms with Crippen LogP contribution >= 0.6 is 0 Å². The van der Waals surface area contributed by atoms with Crippen LogP contribution < -0.4 is 0 Å². The summed E-state index contributed by atoms with van der Waals surface area (Å²) < 4.78 is 22.4. The summed E-state index contributed by atoms with van der Waals surface area (Å²) in [7, 11) is -1.08. The van der Waals surface area contributed by atoms with Crippen LogP contribution in [0.15, 0.2) is 0 Å². The number of rotatable bonds is 13. The van der Waals surface area contributed by atoms with Crippen molar-refractivity contribution in [3.8, 4) is 0 Å². The molecule has 0 aromatic rings. The van der Waals surface area contributed by atoms with Gasteiger partial charge in [-0.15, -0.1) is 0 Å². The first-order valence-electron chi connectivity index (χ1n) is 8.40. The van der Waals surface area contributed by atoms with Gasteiger partial charge in [0, 0.05) is 26.9 Å². The van der Waals surface area contributed by atoms with Gasteiger partial charge in [0.15, 0.2) is 0 Å². The molecule has 23 heavy (non-hydrogen) atoms. The molecule has 8 heteroatoms. The highest BCUT2D eigenvalue weighted by Gasteiger charge is 2.38. The molecule has 0 aliphatic carbocycles. The third kappa shape index (κ3) is 10.3. The Kier molecular flexibility index (Phi) is 11.2. The summed E-state index contributed by atoms with van der Waals surface area (Å²) in [6.45, 7) is 12.8. The smallest absolute Gasteiger partial charge is 0.500 e. The SMILES string of the molecule is CCCO[Si](CCCN(CC)CC(=O)O[Si](C)(C)C)(OC)OC. The second-order valence-corrected chi connectivity index (χ2v) is 13.9. The molecule has 6 nitrogen and oxygen atoms in total. The average Bonchev–Trinajstić information content (AvgIpc) is 2.48. The minimum atomic E-state index is -2.56. The molecule has 0 aliphatic heterocycles. The van der Waals surface area contributed by atoms with Crippen LogP contribution in [0.5, 0.6) is 0 Å². The van der Waals surface area contributed by atoms with E-state index in [2.05, 4.69) is 11.8 Å². The predicted octanol–water partition coefficient (Wildman–Crippen LogP) is 2.73. The lowest BCUT2D eigenvalue weighted by Gasteiger charge is -2.28. The summed E-state index contributed by atoms with van der Waals surface area (Å²) in [5, 5.41) is 0. The fraction of sp³-hybridized carbons (Fsp3) is 0.933. The van der Waals surface area contributed by atoms with Gasteiger partial charge >= 0.3 is 14.8 Å². The molecule has 0 saturated carbocycles. The molecule has 0 bridgehead atoms. The lowest BCUT2D eigenvalue weighted by Crippen LogP contribution is -2.45. The van der Waals surface area contributed by atoms with Gasteiger partial charge in [-0.1, -0.05) is 13.8 Å². The Morgan fingerprint density at radius 2 is 1.70 bits per heavy atom. The van der Waals surface area contributed by atoms with E-state index in [4.69, 9.17) is 17.7 Å². The summed E-state index contributed by atoms with van der Waals surface area (Å²) >= 11 is 0. The van der Waals surface area contributed by atoms with Crippen LogP contribution in [0, 0.1) is 0 Å². The predicted molar refractivity (Wildman–Crippen MR) is 97.0 cm³/mol. The summed E-state index contributed by atoms with van der Waals surface area (Å²) in [4.78, 5) is 14.0. The van der Waals surface area contributed by atoms with Crippen LogP contribution in [0.25, 0.3) is 0 Å². The summed E-state index contributed by atoms with van der Waals surface area (Å²) in [5.74, 6) is -0.129. The van der Waals surface area contributed by atoms with E-state index in [-0.39, 0.29) is 5.97 Å². The Bertz CT molecular complexity index is 332. The molecule has 0 N–H and O–H groups in total. The van der Waals surface area contributed by atoms with Gasteiger partial charge in [0.1, 0.15) is 0 Å². The van der Waals surface area contributed by atoms with Crippen molar-refractivity contribution in [1.29, 1.82) is 0 Å². The maximum absolute atomic E-state index is 11.9. The molecule has 0 spiro atoms. The number of carbonyl (C=O) groups excluding carboxylic acids is 1. The zero-order valence-electron chi connectivity index (χ0n) is 15.9. The zero-order valence-corrected chi connectivity index (χ0v) is 17.9. The Labute approximate surface area is 143 Å². The molecule has 0 aliphatic rings. The van der Waals surface area contributed by atoms with Crippen LogP contribution in [0.3, 0.4) is 0 Å². The highest BCUT2D eigenvalue weighted by molar-refractivity contribution is 6.71. The molecule has 138 valence electrons. The molecule has 0 rings (SSSR count). The number of hydrogen-bond donors (Lipinski definition) is 0. The van der Waals surface area contributed by atoms with Crippen molar-refractivity contribution in [1.82, 2.24) is 4.90 Å². The van der Waals surface area contributed by atoms with Crippen molar-refractivity contribution in [2.45, 2.75) is 52.4 Å². The van der Waals surface area contributed by atoms with Gasteiger partial charge in [0.25, 0.3) is 0 Å². The normalized spacial score (nSPS) is 12.7. The van der Waals surface area contributed by atoms with E-state index < -0.39 is 17.1 Å². The molecule has 0 amide bonds. The minimum absolute atomic E-state index is 0.129. The van der Waals surface area contributed by atoms with Crippen molar-refractivity contribution in [3.05, 3.63) is 0 Å². The van der Waals surface area contributed by atoms with E-state index >= 15 is 0 Å². The molecule has 0 heterocycles. The van der Waals surface area contributed by atoms with Crippen molar-refractivity contribution >= 4 is 23.1 Å². The van der Waals surface area contributed by atoms with Gasteiger partial charge in [-0.3, -0.25) is 9.69 Å². The molecule has 0 fully saturated rings. The van der Waals surface area contributed by atoms with Gasteiger partial charge in [0.05, 0.1) is 6.54 Å². The lowest BCUT2D eigenvalue weighted by atomic mass is 10.4. The first kappa shape index (κ1) is 22.7. The highest BCUT2D eigenvalue weighted by Crippen LogP contribution is 2.17. The van der Waals surface area contributed by atoms with Crippen LogP contribution in [0.4, 0.5) is 0 Å². The summed E-state index contributed by atoms with van der Waals surface area (Å²) in [6, 6.07) is 0.750. The van der Waals surface area contributed by atoms with Crippen molar-refractivity contribution < 1.29 is 22.5 Å². The monoisotopic (exact) mass is 365 g/mol. The molecule has 0 unspecified atom stereocenters. The van der Waals surface area contributed by atoms with Crippen LogP contribution in [-0.4, -0.2) is 68.5 Å². The fourth-order valence-corrected chi connectivity index (χ4v) is 4.97. The summed E-state index contributed by atoms with van der Waals surface area (Å²) in [5.41, 5.74) is 0. The van der Waals surface area contributed by atoms with E-state index in [1.165, 1.54) is 0 Å². The average molecular weight is 366 g/mol. The zero-order chi connectivity index (χ0) is 17.9. The van der Waals surface area contributed by atoms with Crippen LogP contribution in [0.2, 0.25) is 25.7 Å². The first-order chi connectivity index (χ1) is 10.7. The second kappa shape index (κ2) is 11.3. The van der Waals surface area contributed by atoms with Gasteiger partial charge in [-0.25, -0.2) is 0 Å². The van der Waals surface area contributed by atoms with Crippen molar-refractivity contribution in [2.75, 3.05) is 40.5 Å². The van der Waals surface area contributed by atoms with E-state index in [1.54, 1.807) is 14.2 Å². The lowest BCUT2D eigenvalue weighted by molar-refractivity contribution is -0.136. The van der Waals surface area contributed by atoms with Gasteiger partial charge in [0.2, 0.25) is 8.32 Å². The Morgan fingerprint density at radius 1 is 1.09 bits per heavy atom. The molecular formula is C15H35NO5Si2. The van der Waals surface area contributed by atoms with Gasteiger partial charge in [-0.2, -0.15) is 0 Å². The van der Waals surface area contributed by atoms with E-state index in [1.807, 2.05) is 26.6 Å². The van der Waals surface area contributed by atoms with Crippen LogP contribution in [0.1, 0.15) is 26.7 Å². The standard InChI is InChI=1S/C15H35NO5Si2/c1-8-12-20-23(18-3,19-4)13-10-11-16(9-2)14-15(17)21-22(5,6)7/h8-14H2,1-7H3. The fourth-order valence-electron chi connectivity index (χ4n) is 2.16. The number of likely N-dealkylation sites (N-methyl/N-ethyl adjacent to an activating group) is 1.